The van der Waals surface area contributed by atoms with E-state index < -0.39 is 29.7 Å². The Balaban J connectivity index is 2.17. The molecule has 1 aromatic carbocycles. The van der Waals surface area contributed by atoms with Crippen molar-refractivity contribution in [3.63, 3.8) is 0 Å². The molecule has 1 aromatic rings. The zero-order chi connectivity index (χ0) is 19.5. The van der Waals surface area contributed by atoms with Crippen LogP contribution in [0.25, 0.3) is 0 Å². The van der Waals surface area contributed by atoms with Gasteiger partial charge in [-0.15, -0.1) is 11.8 Å². The van der Waals surface area contributed by atoms with Gasteiger partial charge in [-0.25, -0.2) is 4.79 Å². The molecule has 2 rings (SSSR count). The molecule has 0 bridgehead atoms. The molecule has 2 amide bonds. The predicted molar refractivity (Wildman–Crippen MR) is 93.4 cm³/mol. The first-order valence-electron chi connectivity index (χ1n) is 8.28. The predicted octanol–water partition coefficient (Wildman–Crippen LogP) is 4.53. The van der Waals surface area contributed by atoms with Gasteiger partial charge < -0.3 is 15.3 Å². The van der Waals surface area contributed by atoms with Crippen LogP contribution in [0.1, 0.15) is 32.3 Å². The second-order valence-electron chi connectivity index (χ2n) is 6.24. The van der Waals surface area contributed by atoms with Crippen LogP contribution in [-0.4, -0.2) is 40.3 Å². The number of thioether (sulfide) groups is 1. The van der Waals surface area contributed by atoms with Crippen LogP contribution >= 0.6 is 11.8 Å². The molecule has 5 nitrogen and oxygen atoms in total. The van der Waals surface area contributed by atoms with Crippen molar-refractivity contribution >= 4 is 29.4 Å². The van der Waals surface area contributed by atoms with Crippen LogP contribution in [0.2, 0.25) is 0 Å². The van der Waals surface area contributed by atoms with Crippen LogP contribution in [0.15, 0.2) is 23.1 Å². The van der Waals surface area contributed by atoms with Crippen molar-refractivity contribution in [2.24, 2.45) is 5.92 Å². The van der Waals surface area contributed by atoms with Crippen LogP contribution in [0, 0.1) is 5.92 Å². The third-order valence-corrected chi connectivity index (χ3v) is 5.54. The number of anilines is 1. The Morgan fingerprint density at radius 3 is 2.65 bits per heavy atom. The fraction of sp³-hybridized carbons (Fsp3) is 0.529. The Bertz CT molecular complexity index is 682. The Kier molecular flexibility index (Phi) is 6.44. The van der Waals surface area contributed by atoms with E-state index in [1.165, 1.54) is 22.7 Å². The highest BCUT2D eigenvalue weighted by Gasteiger charge is 2.36. The summed E-state index contributed by atoms with van der Waals surface area (Å²) in [6, 6.07) is 3.11. The molecule has 0 aliphatic carbocycles. The summed E-state index contributed by atoms with van der Waals surface area (Å²) in [5.41, 5.74) is -1.23. The number of hydrogen-bond acceptors (Lipinski definition) is 3. The third kappa shape index (κ3) is 5.06. The van der Waals surface area contributed by atoms with Gasteiger partial charge in [-0.3, -0.25) is 4.79 Å². The number of nitrogens with zero attached hydrogens (tertiary/aromatic N) is 1. The minimum atomic E-state index is -4.61. The Hall–Kier alpha value is -1.90. The largest absolute Gasteiger partial charge is 0.481 e. The SMILES string of the molecule is CCC(C)Sc1ccc(NC(=O)N2CCC(C(=O)O)C2)c(C(F)(F)F)c1. The van der Waals surface area contributed by atoms with Crippen molar-refractivity contribution in [1.82, 2.24) is 4.90 Å². The van der Waals surface area contributed by atoms with Gasteiger partial charge in [0.2, 0.25) is 0 Å². The van der Waals surface area contributed by atoms with Gasteiger partial charge in [0.15, 0.2) is 0 Å². The second kappa shape index (κ2) is 8.20. The lowest BCUT2D eigenvalue weighted by Gasteiger charge is -2.20. The van der Waals surface area contributed by atoms with Gasteiger partial charge in [-0.2, -0.15) is 13.2 Å². The summed E-state index contributed by atoms with van der Waals surface area (Å²) >= 11 is 1.34. The fourth-order valence-corrected chi connectivity index (χ4v) is 3.56. The van der Waals surface area contributed by atoms with Crippen molar-refractivity contribution in [1.29, 1.82) is 0 Å². The molecule has 1 saturated heterocycles. The number of hydrogen-bond donors (Lipinski definition) is 2. The van der Waals surface area contributed by atoms with Gasteiger partial charge in [0.05, 0.1) is 17.2 Å². The molecule has 0 radical (unpaired) electrons. The Labute approximate surface area is 153 Å². The van der Waals surface area contributed by atoms with E-state index in [1.54, 1.807) is 6.07 Å². The van der Waals surface area contributed by atoms with E-state index in [0.29, 0.717) is 11.3 Å². The van der Waals surface area contributed by atoms with Gasteiger partial charge in [-0.1, -0.05) is 13.8 Å². The van der Waals surface area contributed by atoms with Crippen molar-refractivity contribution < 1.29 is 27.9 Å². The number of nitrogens with one attached hydrogen (secondary N) is 1. The molecule has 144 valence electrons. The number of carbonyl (C=O) groups is 2. The molecular weight excluding hydrogens is 369 g/mol. The molecule has 2 atom stereocenters. The molecular formula is C17H21F3N2O3S. The van der Waals surface area contributed by atoms with E-state index in [2.05, 4.69) is 5.32 Å². The fourth-order valence-electron chi connectivity index (χ4n) is 2.60. The van der Waals surface area contributed by atoms with E-state index in [9.17, 15) is 22.8 Å². The number of alkyl halides is 3. The first kappa shape index (κ1) is 20.4. The van der Waals surface area contributed by atoms with Gasteiger partial charge in [0.1, 0.15) is 0 Å². The summed E-state index contributed by atoms with van der Waals surface area (Å²) in [5, 5.41) is 11.4. The molecule has 1 heterocycles. The van der Waals surface area contributed by atoms with E-state index >= 15 is 0 Å². The Morgan fingerprint density at radius 1 is 1.42 bits per heavy atom. The maximum Gasteiger partial charge on any atom is 0.418 e. The molecule has 0 spiro atoms. The highest BCUT2D eigenvalue weighted by Crippen LogP contribution is 2.38. The van der Waals surface area contributed by atoms with Crippen LogP contribution < -0.4 is 5.32 Å². The normalized spacial score (nSPS) is 18.7. The summed E-state index contributed by atoms with van der Waals surface area (Å²) < 4.78 is 40.2. The lowest BCUT2D eigenvalue weighted by molar-refractivity contribution is -0.141. The smallest absolute Gasteiger partial charge is 0.418 e. The number of urea groups is 1. The first-order valence-corrected chi connectivity index (χ1v) is 9.16. The van der Waals surface area contributed by atoms with E-state index in [4.69, 9.17) is 5.11 Å². The standard InChI is InChI=1S/C17H21F3N2O3S/c1-3-10(2)26-12-4-5-14(13(8-12)17(18,19)20)21-16(25)22-7-6-11(9-22)15(23)24/h4-5,8,10-11H,3,6-7,9H2,1-2H3,(H,21,25)(H,23,24). The number of benzene rings is 1. The maximum atomic E-state index is 13.4. The topological polar surface area (TPSA) is 69.6 Å². The lowest BCUT2D eigenvalue weighted by atomic mass is 10.1. The lowest BCUT2D eigenvalue weighted by Crippen LogP contribution is -2.34. The highest BCUT2D eigenvalue weighted by molar-refractivity contribution is 7.99. The molecule has 1 aliphatic heterocycles. The van der Waals surface area contributed by atoms with Crippen LogP contribution in [0.5, 0.6) is 0 Å². The van der Waals surface area contributed by atoms with Crippen molar-refractivity contribution in [2.75, 3.05) is 18.4 Å². The average molecular weight is 390 g/mol. The van der Waals surface area contributed by atoms with Crippen LogP contribution in [0.4, 0.5) is 23.7 Å². The summed E-state index contributed by atoms with van der Waals surface area (Å²) in [5.74, 6) is -1.69. The number of carbonyl (C=O) groups excluding carboxylic acids is 1. The number of carboxylic acids is 1. The zero-order valence-corrected chi connectivity index (χ0v) is 15.3. The number of amides is 2. The highest BCUT2D eigenvalue weighted by atomic mass is 32.2. The molecule has 26 heavy (non-hydrogen) atoms. The quantitative estimate of drug-likeness (QED) is 0.725. The summed E-state index contributed by atoms with van der Waals surface area (Å²) in [7, 11) is 0. The van der Waals surface area contributed by atoms with E-state index in [1.807, 2.05) is 13.8 Å². The van der Waals surface area contributed by atoms with Crippen molar-refractivity contribution in [3.8, 4) is 0 Å². The molecule has 2 N–H and O–H groups in total. The van der Waals surface area contributed by atoms with E-state index in [-0.39, 0.29) is 24.0 Å². The van der Waals surface area contributed by atoms with Gasteiger partial charge in [0, 0.05) is 23.2 Å². The summed E-state index contributed by atoms with van der Waals surface area (Å²) in [6.07, 6.45) is -3.49. The number of likely N-dealkylation sites (tertiary alicyclic amines) is 1. The minimum absolute atomic E-state index is 0.00946. The monoisotopic (exact) mass is 390 g/mol. The number of carboxylic acid groups (broad SMARTS) is 1. The molecule has 2 unspecified atom stereocenters. The zero-order valence-electron chi connectivity index (χ0n) is 14.5. The second-order valence-corrected chi connectivity index (χ2v) is 7.75. The minimum Gasteiger partial charge on any atom is -0.481 e. The summed E-state index contributed by atoms with van der Waals surface area (Å²) in [4.78, 5) is 24.9. The molecule has 1 fully saturated rings. The van der Waals surface area contributed by atoms with Crippen LogP contribution in [0.3, 0.4) is 0 Å². The number of rotatable bonds is 5. The maximum absolute atomic E-state index is 13.4. The van der Waals surface area contributed by atoms with Crippen molar-refractivity contribution in [3.05, 3.63) is 23.8 Å². The molecule has 0 aromatic heterocycles. The van der Waals surface area contributed by atoms with Crippen LogP contribution in [-0.2, 0) is 11.0 Å². The first-order chi connectivity index (χ1) is 12.1. The third-order valence-electron chi connectivity index (χ3n) is 4.27. The molecule has 0 saturated carbocycles. The van der Waals surface area contributed by atoms with Gasteiger partial charge in [-0.05, 0) is 31.0 Å². The van der Waals surface area contributed by atoms with Gasteiger partial charge >= 0.3 is 18.2 Å². The number of aliphatic carboxylic acids is 1. The molecule has 1 aliphatic rings. The molecule has 9 heteroatoms. The summed E-state index contributed by atoms with van der Waals surface area (Å²) in [6.45, 7) is 4.08. The Morgan fingerprint density at radius 2 is 2.12 bits per heavy atom. The van der Waals surface area contributed by atoms with E-state index in [0.717, 1.165) is 12.5 Å². The van der Waals surface area contributed by atoms with Gasteiger partial charge in [0.25, 0.3) is 0 Å². The average Bonchev–Trinajstić information content (AvgIpc) is 3.05. The van der Waals surface area contributed by atoms with Crippen molar-refractivity contribution in [2.45, 2.75) is 43.0 Å². The number of halogens is 3.